The molecule has 4 heteroatoms. The van der Waals surface area contributed by atoms with Gasteiger partial charge in [0.2, 0.25) is 0 Å². The summed E-state index contributed by atoms with van der Waals surface area (Å²) in [4.78, 5) is 13.1. The van der Waals surface area contributed by atoms with Crippen LogP contribution in [-0.2, 0) is 4.79 Å². The molecule has 18 heavy (non-hydrogen) atoms. The molecule has 0 fully saturated rings. The third-order valence-electron chi connectivity index (χ3n) is 3.14. The monoisotopic (exact) mass is 250 g/mol. The van der Waals surface area contributed by atoms with Gasteiger partial charge in [0.15, 0.2) is 0 Å². The number of rotatable bonds is 6. The molecule has 0 radical (unpaired) electrons. The van der Waals surface area contributed by atoms with Crippen LogP contribution in [0.25, 0.3) is 0 Å². The van der Waals surface area contributed by atoms with Crippen LogP contribution in [0.15, 0.2) is 24.3 Å². The number of anilines is 1. The fourth-order valence-corrected chi connectivity index (χ4v) is 1.77. The van der Waals surface area contributed by atoms with Crippen molar-refractivity contribution in [2.45, 2.75) is 32.7 Å². The second-order valence-corrected chi connectivity index (χ2v) is 4.89. The minimum atomic E-state index is -1.17. The van der Waals surface area contributed by atoms with Gasteiger partial charge in [0.1, 0.15) is 5.54 Å². The first kappa shape index (κ1) is 14.5. The number of carbonyl (C=O) groups is 1. The van der Waals surface area contributed by atoms with Crippen LogP contribution in [0, 0.1) is 6.92 Å². The highest BCUT2D eigenvalue weighted by Crippen LogP contribution is 2.17. The minimum Gasteiger partial charge on any atom is -0.480 e. The molecule has 0 aliphatic rings. The lowest BCUT2D eigenvalue weighted by molar-refractivity contribution is -0.142. The summed E-state index contributed by atoms with van der Waals surface area (Å²) in [6.45, 7) is 7.12. The second kappa shape index (κ2) is 5.87. The van der Waals surface area contributed by atoms with E-state index in [1.54, 1.807) is 6.92 Å². The molecule has 1 rings (SSSR count). The highest BCUT2D eigenvalue weighted by molar-refractivity contribution is 5.77. The van der Waals surface area contributed by atoms with Crippen LogP contribution in [0.1, 0.15) is 25.8 Å². The molecule has 0 aromatic heterocycles. The van der Waals surface area contributed by atoms with Crippen molar-refractivity contribution >= 4 is 11.7 Å². The number of hydrogen-bond donors (Lipinski definition) is 2. The Balaban J connectivity index is 2.72. The van der Waals surface area contributed by atoms with Crippen LogP contribution in [0.3, 0.4) is 0 Å². The van der Waals surface area contributed by atoms with Gasteiger partial charge in [0.05, 0.1) is 0 Å². The van der Waals surface area contributed by atoms with Crippen LogP contribution >= 0.6 is 0 Å². The van der Waals surface area contributed by atoms with Gasteiger partial charge in [-0.2, -0.15) is 0 Å². The minimum absolute atomic E-state index is 0.421. The first-order valence-electron chi connectivity index (χ1n) is 6.20. The summed E-state index contributed by atoms with van der Waals surface area (Å²) in [5.74, 6) is -0.956. The molecule has 0 saturated heterocycles. The van der Waals surface area contributed by atoms with Gasteiger partial charge < -0.3 is 15.7 Å². The highest BCUT2D eigenvalue weighted by atomic mass is 16.4. The third kappa shape index (κ3) is 3.74. The molecule has 0 amide bonds. The Labute approximate surface area is 108 Å². The van der Waals surface area contributed by atoms with E-state index in [1.807, 2.05) is 25.1 Å². The van der Waals surface area contributed by atoms with Crippen LogP contribution in [0.2, 0.25) is 0 Å². The van der Waals surface area contributed by atoms with E-state index in [4.69, 9.17) is 10.8 Å². The molecule has 0 aliphatic carbocycles. The quantitative estimate of drug-likeness (QED) is 0.810. The molecule has 0 saturated carbocycles. The van der Waals surface area contributed by atoms with Gasteiger partial charge in [-0.25, -0.2) is 0 Å². The van der Waals surface area contributed by atoms with Crippen molar-refractivity contribution in [3.63, 3.8) is 0 Å². The maximum absolute atomic E-state index is 11.0. The predicted octanol–water partition coefficient (Wildman–Crippen LogP) is 2.01. The van der Waals surface area contributed by atoms with E-state index in [2.05, 4.69) is 17.9 Å². The summed E-state index contributed by atoms with van der Waals surface area (Å²) >= 11 is 0. The SMILES string of the molecule is CCN(CCC(C)(N)C(=O)O)c1cccc(C)c1. The predicted molar refractivity (Wildman–Crippen MR) is 73.9 cm³/mol. The molecule has 3 N–H and O–H groups in total. The zero-order valence-electron chi connectivity index (χ0n) is 11.3. The number of carboxylic acid groups (broad SMARTS) is 1. The number of nitrogens with two attached hydrogens (primary N) is 1. The lowest BCUT2D eigenvalue weighted by Gasteiger charge is -2.27. The Hall–Kier alpha value is -1.55. The standard InChI is InChI=1S/C14H22N2O2/c1-4-16(9-8-14(3,15)13(17)18)12-7-5-6-11(2)10-12/h5-7,10H,4,8-9,15H2,1-3H3,(H,17,18). The summed E-state index contributed by atoms with van der Waals surface area (Å²) in [6.07, 6.45) is 0.421. The Morgan fingerprint density at radius 1 is 1.50 bits per heavy atom. The van der Waals surface area contributed by atoms with E-state index < -0.39 is 11.5 Å². The van der Waals surface area contributed by atoms with E-state index in [1.165, 1.54) is 5.56 Å². The van der Waals surface area contributed by atoms with Crippen molar-refractivity contribution in [1.82, 2.24) is 0 Å². The van der Waals surface area contributed by atoms with E-state index in [-0.39, 0.29) is 0 Å². The largest absolute Gasteiger partial charge is 0.480 e. The fraction of sp³-hybridized carbons (Fsp3) is 0.500. The van der Waals surface area contributed by atoms with Gasteiger partial charge in [-0.15, -0.1) is 0 Å². The maximum atomic E-state index is 11.0. The van der Waals surface area contributed by atoms with Crippen molar-refractivity contribution in [3.05, 3.63) is 29.8 Å². The van der Waals surface area contributed by atoms with Crippen molar-refractivity contribution in [3.8, 4) is 0 Å². The Morgan fingerprint density at radius 2 is 2.17 bits per heavy atom. The van der Waals surface area contributed by atoms with Crippen molar-refractivity contribution < 1.29 is 9.90 Å². The van der Waals surface area contributed by atoms with Gasteiger partial charge in [0, 0.05) is 18.8 Å². The topological polar surface area (TPSA) is 66.6 Å². The molecule has 0 bridgehead atoms. The summed E-state index contributed by atoms with van der Waals surface area (Å²) in [5, 5.41) is 9.00. The molecule has 0 spiro atoms. The van der Waals surface area contributed by atoms with Crippen LogP contribution < -0.4 is 10.6 Å². The van der Waals surface area contributed by atoms with E-state index in [9.17, 15) is 4.79 Å². The fourth-order valence-electron chi connectivity index (χ4n) is 1.77. The normalized spacial score (nSPS) is 14.0. The molecule has 100 valence electrons. The average molecular weight is 250 g/mol. The smallest absolute Gasteiger partial charge is 0.323 e. The Kier molecular flexibility index (Phi) is 4.73. The van der Waals surface area contributed by atoms with Crippen LogP contribution in [0.4, 0.5) is 5.69 Å². The van der Waals surface area contributed by atoms with Crippen LogP contribution in [0.5, 0.6) is 0 Å². The van der Waals surface area contributed by atoms with Gasteiger partial charge >= 0.3 is 5.97 Å². The van der Waals surface area contributed by atoms with Crippen molar-refractivity contribution in [1.29, 1.82) is 0 Å². The number of benzene rings is 1. The number of aryl methyl sites for hydroxylation is 1. The zero-order chi connectivity index (χ0) is 13.8. The molecular formula is C14H22N2O2. The zero-order valence-corrected chi connectivity index (χ0v) is 11.3. The Bertz CT molecular complexity index is 416. The molecule has 1 atom stereocenters. The lowest BCUT2D eigenvalue weighted by Crippen LogP contribution is -2.47. The summed E-state index contributed by atoms with van der Waals surface area (Å²) in [7, 11) is 0. The summed E-state index contributed by atoms with van der Waals surface area (Å²) in [5.41, 5.74) is 6.88. The second-order valence-electron chi connectivity index (χ2n) is 4.89. The van der Waals surface area contributed by atoms with Gasteiger partial charge in [0.25, 0.3) is 0 Å². The summed E-state index contributed by atoms with van der Waals surface area (Å²) < 4.78 is 0. The third-order valence-corrected chi connectivity index (χ3v) is 3.14. The number of carboxylic acids is 1. The van der Waals surface area contributed by atoms with E-state index in [0.29, 0.717) is 13.0 Å². The summed E-state index contributed by atoms with van der Waals surface area (Å²) in [6, 6.07) is 8.18. The molecule has 0 heterocycles. The van der Waals surface area contributed by atoms with Gasteiger partial charge in [-0.1, -0.05) is 12.1 Å². The lowest BCUT2D eigenvalue weighted by atomic mass is 9.99. The van der Waals surface area contributed by atoms with Crippen molar-refractivity contribution in [2.24, 2.45) is 5.73 Å². The molecule has 1 unspecified atom stereocenters. The molecular weight excluding hydrogens is 228 g/mol. The Morgan fingerprint density at radius 3 is 2.67 bits per heavy atom. The first-order chi connectivity index (χ1) is 8.36. The van der Waals surface area contributed by atoms with E-state index in [0.717, 1.165) is 12.2 Å². The number of aliphatic carboxylic acids is 1. The molecule has 0 aliphatic heterocycles. The number of nitrogens with zero attached hydrogens (tertiary/aromatic N) is 1. The van der Waals surface area contributed by atoms with Gasteiger partial charge in [-0.05, 0) is 44.9 Å². The maximum Gasteiger partial charge on any atom is 0.323 e. The van der Waals surface area contributed by atoms with Crippen LogP contribution in [-0.4, -0.2) is 29.7 Å². The molecule has 4 nitrogen and oxygen atoms in total. The van der Waals surface area contributed by atoms with Crippen molar-refractivity contribution in [2.75, 3.05) is 18.0 Å². The molecule has 1 aromatic rings. The van der Waals surface area contributed by atoms with E-state index >= 15 is 0 Å². The first-order valence-corrected chi connectivity index (χ1v) is 6.20. The molecule has 1 aromatic carbocycles. The highest BCUT2D eigenvalue weighted by Gasteiger charge is 2.28. The average Bonchev–Trinajstić information content (AvgIpc) is 2.29. The number of hydrogen-bond acceptors (Lipinski definition) is 3. The van der Waals surface area contributed by atoms with Gasteiger partial charge in [-0.3, -0.25) is 4.79 Å².